The lowest BCUT2D eigenvalue weighted by Gasteiger charge is -2.28. The molecule has 1 aliphatic rings. The van der Waals surface area contributed by atoms with E-state index in [1.807, 2.05) is 18.4 Å². The summed E-state index contributed by atoms with van der Waals surface area (Å²) in [6.07, 6.45) is 6.57. The van der Waals surface area contributed by atoms with Gasteiger partial charge in [0.05, 0.1) is 11.4 Å². The fourth-order valence-corrected chi connectivity index (χ4v) is 3.98. The summed E-state index contributed by atoms with van der Waals surface area (Å²) in [7, 11) is 0. The third-order valence-electron chi connectivity index (χ3n) is 5.51. The Bertz CT molecular complexity index is 1170. The molecule has 166 valence electrons. The number of pyridine rings is 1. The summed E-state index contributed by atoms with van der Waals surface area (Å²) >= 11 is 5.82. The quantitative estimate of drug-likeness (QED) is 0.550. The van der Waals surface area contributed by atoms with Crippen molar-refractivity contribution in [1.82, 2.24) is 30.2 Å². The second-order valence-corrected chi connectivity index (χ2v) is 8.55. The van der Waals surface area contributed by atoms with Crippen LogP contribution in [0.3, 0.4) is 0 Å². The standard InChI is InChI=1S/C22H23ClN6O3/c1-12(2)29-10-17(16-9-24-11-27-21(16)29)20(31)13-5-18(22(32)26-7-13)28-19(30)6-15-4-3-14(23)8-25-15/h3-4,8-13,18H,5-7H2,1-2H3,(H,26,32)(H,28,30). The Morgan fingerprint density at radius 3 is 2.81 bits per heavy atom. The van der Waals surface area contributed by atoms with E-state index in [1.165, 1.54) is 12.5 Å². The average Bonchev–Trinajstić information content (AvgIpc) is 3.16. The minimum Gasteiger partial charge on any atom is -0.354 e. The first kappa shape index (κ1) is 21.9. The number of ketones is 1. The van der Waals surface area contributed by atoms with Crippen molar-refractivity contribution in [2.75, 3.05) is 6.54 Å². The highest BCUT2D eigenvalue weighted by atomic mass is 35.5. The Morgan fingerprint density at radius 2 is 2.09 bits per heavy atom. The Hall–Kier alpha value is -3.33. The summed E-state index contributed by atoms with van der Waals surface area (Å²) in [5, 5.41) is 6.62. The van der Waals surface area contributed by atoms with Crippen molar-refractivity contribution in [3.63, 3.8) is 0 Å². The largest absolute Gasteiger partial charge is 0.354 e. The number of nitrogens with zero attached hydrogens (tertiary/aromatic N) is 4. The molecule has 2 N–H and O–H groups in total. The van der Waals surface area contributed by atoms with Crippen molar-refractivity contribution in [3.8, 4) is 0 Å². The summed E-state index contributed by atoms with van der Waals surface area (Å²) in [4.78, 5) is 50.6. The fraction of sp³-hybridized carbons (Fsp3) is 0.364. The van der Waals surface area contributed by atoms with E-state index in [4.69, 9.17) is 11.6 Å². The molecule has 2 amide bonds. The van der Waals surface area contributed by atoms with E-state index in [-0.39, 0.29) is 43.0 Å². The number of Topliss-reactive ketones (excluding diaryl/α,β-unsaturated/α-hetero) is 1. The zero-order chi connectivity index (χ0) is 22.8. The van der Waals surface area contributed by atoms with Gasteiger partial charge in [-0.05, 0) is 32.4 Å². The van der Waals surface area contributed by atoms with Crippen LogP contribution in [0.15, 0.2) is 37.1 Å². The van der Waals surface area contributed by atoms with Crippen LogP contribution in [0.5, 0.6) is 0 Å². The van der Waals surface area contributed by atoms with Crippen molar-refractivity contribution < 1.29 is 14.4 Å². The van der Waals surface area contributed by atoms with Crippen LogP contribution < -0.4 is 10.6 Å². The first-order valence-electron chi connectivity index (χ1n) is 10.4. The molecule has 0 saturated carbocycles. The highest BCUT2D eigenvalue weighted by molar-refractivity contribution is 6.30. The van der Waals surface area contributed by atoms with Crippen molar-refractivity contribution in [3.05, 3.63) is 53.3 Å². The van der Waals surface area contributed by atoms with Crippen molar-refractivity contribution in [2.24, 2.45) is 5.92 Å². The van der Waals surface area contributed by atoms with Gasteiger partial charge in [-0.3, -0.25) is 19.4 Å². The van der Waals surface area contributed by atoms with Crippen LogP contribution in [-0.4, -0.2) is 49.7 Å². The minimum absolute atomic E-state index is 0.0127. The number of halogens is 1. The third kappa shape index (κ3) is 4.47. The van der Waals surface area contributed by atoms with Gasteiger partial charge in [0.25, 0.3) is 0 Å². The molecule has 0 aliphatic carbocycles. The lowest BCUT2D eigenvalue weighted by atomic mass is 9.88. The zero-order valence-electron chi connectivity index (χ0n) is 17.7. The van der Waals surface area contributed by atoms with Gasteiger partial charge in [-0.15, -0.1) is 0 Å². The van der Waals surface area contributed by atoms with Gasteiger partial charge in [-0.2, -0.15) is 0 Å². The fourth-order valence-electron chi connectivity index (χ4n) is 3.87. The summed E-state index contributed by atoms with van der Waals surface area (Å²) in [6, 6.07) is 2.62. The maximum atomic E-state index is 13.4. The van der Waals surface area contributed by atoms with Gasteiger partial charge in [-0.25, -0.2) is 9.97 Å². The van der Waals surface area contributed by atoms with Crippen LogP contribution in [0.4, 0.5) is 0 Å². The van der Waals surface area contributed by atoms with E-state index in [0.717, 1.165) is 0 Å². The van der Waals surface area contributed by atoms with Gasteiger partial charge in [-0.1, -0.05) is 11.6 Å². The number of fused-ring (bicyclic) bond motifs is 1. The highest BCUT2D eigenvalue weighted by Crippen LogP contribution is 2.26. The molecule has 1 fully saturated rings. The molecule has 0 spiro atoms. The summed E-state index contributed by atoms with van der Waals surface area (Å²) < 4.78 is 1.93. The molecular formula is C22H23ClN6O3. The van der Waals surface area contributed by atoms with Crippen LogP contribution in [0.25, 0.3) is 11.0 Å². The lowest BCUT2D eigenvalue weighted by molar-refractivity contribution is -0.130. The van der Waals surface area contributed by atoms with E-state index in [1.54, 1.807) is 24.5 Å². The number of amides is 2. The molecule has 2 unspecified atom stereocenters. The molecule has 3 aromatic rings. The number of nitrogens with one attached hydrogen (secondary N) is 2. The SMILES string of the molecule is CC(C)n1cc(C(=O)C2CNC(=O)C(NC(=O)Cc3ccc(Cl)cn3)C2)c2cncnc21. The molecule has 1 saturated heterocycles. The zero-order valence-corrected chi connectivity index (χ0v) is 18.5. The van der Waals surface area contributed by atoms with Gasteiger partial charge < -0.3 is 15.2 Å². The topological polar surface area (TPSA) is 119 Å². The molecule has 1 aliphatic heterocycles. The number of carbonyl (C=O) groups is 3. The normalized spacial score (nSPS) is 18.6. The first-order chi connectivity index (χ1) is 15.3. The Kier molecular flexibility index (Phi) is 6.18. The van der Waals surface area contributed by atoms with E-state index in [0.29, 0.717) is 27.3 Å². The van der Waals surface area contributed by atoms with Crippen molar-refractivity contribution >= 4 is 40.2 Å². The molecule has 0 bridgehead atoms. The molecule has 32 heavy (non-hydrogen) atoms. The number of aromatic nitrogens is 4. The van der Waals surface area contributed by atoms with Crippen molar-refractivity contribution in [2.45, 2.75) is 38.8 Å². The van der Waals surface area contributed by atoms with Crippen LogP contribution in [-0.2, 0) is 16.0 Å². The molecule has 9 nitrogen and oxygen atoms in total. The van der Waals surface area contributed by atoms with Crippen LogP contribution in [0.1, 0.15) is 42.4 Å². The number of hydrogen-bond donors (Lipinski definition) is 2. The van der Waals surface area contributed by atoms with Gasteiger partial charge >= 0.3 is 0 Å². The lowest BCUT2D eigenvalue weighted by Crippen LogP contribution is -2.54. The second kappa shape index (κ2) is 9.04. The van der Waals surface area contributed by atoms with Gasteiger partial charge in [0, 0.05) is 53.7 Å². The van der Waals surface area contributed by atoms with Crippen LogP contribution >= 0.6 is 11.6 Å². The van der Waals surface area contributed by atoms with Gasteiger partial charge in [0.1, 0.15) is 18.0 Å². The number of hydrogen-bond acceptors (Lipinski definition) is 6. The second-order valence-electron chi connectivity index (χ2n) is 8.11. The molecule has 4 heterocycles. The highest BCUT2D eigenvalue weighted by Gasteiger charge is 2.35. The predicted molar refractivity (Wildman–Crippen MR) is 118 cm³/mol. The van der Waals surface area contributed by atoms with E-state index >= 15 is 0 Å². The Morgan fingerprint density at radius 1 is 1.28 bits per heavy atom. The number of rotatable bonds is 6. The Labute approximate surface area is 189 Å². The number of carbonyl (C=O) groups excluding carboxylic acids is 3. The van der Waals surface area contributed by atoms with E-state index in [2.05, 4.69) is 25.6 Å². The van der Waals surface area contributed by atoms with Gasteiger partial charge in [0.2, 0.25) is 11.8 Å². The maximum absolute atomic E-state index is 13.4. The summed E-state index contributed by atoms with van der Waals surface area (Å²) in [6.45, 7) is 4.24. The van der Waals surface area contributed by atoms with E-state index < -0.39 is 12.0 Å². The van der Waals surface area contributed by atoms with Gasteiger partial charge in [0.15, 0.2) is 5.78 Å². The maximum Gasteiger partial charge on any atom is 0.242 e. The average molecular weight is 455 g/mol. The van der Waals surface area contributed by atoms with Crippen molar-refractivity contribution in [1.29, 1.82) is 0 Å². The monoisotopic (exact) mass is 454 g/mol. The molecule has 0 radical (unpaired) electrons. The van der Waals surface area contributed by atoms with E-state index in [9.17, 15) is 14.4 Å². The first-order valence-corrected chi connectivity index (χ1v) is 10.7. The molecular weight excluding hydrogens is 432 g/mol. The predicted octanol–water partition coefficient (Wildman–Crippen LogP) is 2.11. The molecule has 0 aromatic carbocycles. The smallest absolute Gasteiger partial charge is 0.242 e. The summed E-state index contributed by atoms with van der Waals surface area (Å²) in [5.41, 5.74) is 1.75. The molecule has 2 atom stereocenters. The summed E-state index contributed by atoms with van der Waals surface area (Å²) in [5.74, 6) is -1.24. The minimum atomic E-state index is -0.799. The number of piperidine rings is 1. The molecule has 3 aromatic heterocycles. The van der Waals surface area contributed by atoms with Crippen LogP contribution in [0, 0.1) is 5.92 Å². The third-order valence-corrected chi connectivity index (χ3v) is 5.74. The molecule has 10 heteroatoms. The van der Waals surface area contributed by atoms with Crippen LogP contribution in [0.2, 0.25) is 5.02 Å². The molecule has 4 rings (SSSR count). The Balaban J connectivity index is 1.49.